The summed E-state index contributed by atoms with van der Waals surface area (Å²) in [5, 5.41) is 9.53. The Bertz CT molecular complexity index is 407. The SMILES string of the molecule is CCCCCCCCCCCCCCCCCCOC(=O)C(C)SC(C)C(=O)[O-].[Sr+2]. The van der Waals surface area contributed by atoms with Crippen molar-refractivity contribution in [2.24, 2.45) is 0 Å². The third kappa shape index (κ3) is 22.0. The first-order chi connectivity index (χ1) is 14.0. The third-order valence-electron chi connectivity index (χ3n) is 5.31. The van der Waals surface area contributed by atoms with E-state index in [1.54, 1.807) is 6.92 Å². The van der Waals surface area contributed by atoms with Gasteiger partial charge < -0.3 is 14.6 Å². The molecule has 2 atom stereocenters. The van der Waals surface area contributed by atoms with Crippen molar-refractivity contribution in [2.75, 3.05) is 6.61 Å². The van der Waals surface area contributed by atoms with Crippen LogP contribution in [0.4, 0.5) is 0 Å². The van der Waals surface area contributed by atoms with Crippen molar-refractivity contribution in [2.45, 2.75) is 134 Å². The van der Waals surface area contributed by atoms with E-state index in [2.05, 4.69) is 6.92 Å². The van der Waals surface area contributed by atoms with Crippen LogP contribution in [0, 0.1) is 0 Å². The molecule has 0 spiro atoms. The average Bonchev–Trinajstić information content (AvgIpc) is 2.69. The molecule has 0 aromatic carbocycles. The number of aliphatic carboxylic acids is 1. The molecule has 0 aliphatic rings. The van der Waals surface area contributed by atoms with E-state index in [1.807, 2.05) is 0 Å². The monoisotopic (exact) mass is 517 g/mol. The molecule has 4 nitrogen and oxygen atoms in total. The summed E-state index contributed by atoms with van der Waals surface area (Å²) in [5.74, 6) is -1.48. The maximum absolute atomic E-state index is 11.8. The molecule has 0 bridgehead atoms. The molecule has 0 saturated carbocycles. The van der Waals surface area contributed by atoms with E-state index in [0.717, 1.165) is 24.6 Å². The zero-order valence-corrected chi connectivity index (χ0v) is 24.2. The van der Waals surface area contributed by atoms with Crippen LogP contribution in [0.3, 0.4) is 0 Å². The number of carboxylic acid groups (broad SMARTS) is 1. The Morgan fingerprint density at radius 2 is 1.07 bits per heavy atom. The van der Waals surface area contributed by atoms with Gasteiger partial charge in [0.2, 0.25) is 0 Å². The molecule has 0 aromatic rings. The summed E-state index contributed by atoms with van der Waals surface area (Å²) in [6.07, 6.45) is 21.1. The van der Waals surface area contributed by atoms with Gasteiger partial charge in [-0.2, -0.15) is 0 Å². The van der Waals surface area contributed by atoms with Gasteiger partial charge >= 0.3 is 51.5 Å². The second-order valence-corrected chi connectivity index (χ2v) is 9.90. The molecule has 2 unspecified atom stereocenters. The fourth-order valence-electron chi connectivity index (χ4n) is 3.36. The topological polar surface area (TPSA) is 66.4 Å². The maximum atomic E-state index is 11.8. The molecular weight excluding hydrogens is 472 g/mol. The molecular formula is C24H45O4SSr+. The van der Waals surface area contributed by atoms with E-state index in [4.69, 9.17) is 4.74 Å². The van der Waals surface area contributed by atoms with Crippen LogP contribution < -0.4 is 5.11 Å². The van der Waals surface area contributed by atoms with Crippen LogP contribution in [0.15, 0.2) is 0 Å². The molecule has 6 heteroatoms. The minimum atomic E-state index is -1.15. The van der Waals surface area contributed by atoms with Crippen molar-refractivity contribution < 1.29 is 19.4 Å². The number of esters is 1. The summed E-state index contributed by atoms with van der Waals surface area (Å²) in [5.41, 5.74) is 0. The Hall–Kier alpha value is 0.771. The summed E-state index contributed by atoms with van der Waals surface area (Å²) >= 11 is 1.07. The summed E-state index contributed by atoms with van der Waals surface area (Å²) < 4.78 is 5.23. The van der Waals surface area contributed by atoms with Gasteiger partial charge in [-0.15, -0.1) is 11.8 Å². The summed E-state index contributed by atoms with van der Waals surface area (Å²) in [4.78, 5) is 22.5. The number of unbranched alkanes of at least 4 members (excludes halogenated alkanes) is 15. The van der Waals surface area contributed by atoms with Crippen LogP contribution in [-0.4, -0.2) is 74.5 Å². The summed E-state index contributed by atoms with van der Waals surface area (Å²) in [7, 11) is 0. The molecule has 0 aliphatic heterocycles. The van der Waals surface area contributed by atoms with Gasteiger partial charge in [0.15, 0.2) is 0 Å². The number of hydrogen-bond donors (Lipinski definition) is 0. The normalized spacial score (nSPS) is 12.8. The molecule has 0 amide bonds. The second kappa shape index (κ2) is 24.4. The molecule has 0 radical (unpaired) electrons. The molecule has 0 heterocycles. The number of ether oxygens (including phenoxy) is 1. The van der Waals surface area contributed by atoms with Crippen molar-refractivity contribution in [3.05, 3.63) is 0 Å². The molecule has 0 aromatic heterocycles. The number of thioether (sulfide) groups is 1. The smallest absolute Gasteiger partial charge is 0.549 e. The van der Waals surface area contributed by atoms with Crippen LogP contribution >= 0.6 is 11.8 Å². The second-order valence-electron chi connectivity index (χ2n) is 8.21. The van der Waals surface area contributed by atoms with Gasteiger partial charge in [0, 0.05) is 5.25 Å². The zero-order valence-electron chi connectivity index (χ0n) is 19.9. The van der Waals surface area contributed by atoms with Crippen LogP contribution in [0.25, 0.3) is 0 Å². The minimum absolute atomic E-state index is 0. The van der Waals surface area contributed by atoms with Crippen LogP contribution in [-0.2, 0) is 14.3 Å². The minimum Gasteiger partial charge on any atom is -0.549 e. The van der Waals surface area contributed by atoms with Crippen LogP contribution in [0.2, 0.25) is 0 Å². The fourth-order valence-corrected chi connectivity index (χ4v) is 4.26. The van der Waals surface area contributed by atoms with Gasteiger partial charge in [0.1, 0.15) is 5.25 Å². The van der Waals surface area contributed by atoms with Gasteiger partial charge in [-0.3, -0.25) is 4.79 Å². The number of rotatable bonds is 21. The van der Waals surface area contributed by atoms with E-state index in [9.17, 15) is 14.7 Å². The van der Waals surface area contributed by atoms with Crippen LogP contribution in [0.1, 0.15) is 124 Å². The number of carbonyl (C=O) groups excluding carboxylic acids is 2. The summed E-state index contributed by atoms with van der Waals surface area (Å²) in [6, 6.07) is 0. The molecule has 30 heavy (non-hydrogen) atoms. The number of carbonyl (C=O) groups is 2. The maximum Gasteiger partial charge on any atom is 2.00 e. The largest absolute Gasteiger partial charge is 2.00 e. The van der Waals surface area contributed by atoms with E-state index < -0.39 is 16.5 Å². The molecule has 0 aliphatic carbocycles. The summed E-state index contributed by atoms with van der Waals surface area (Å²) in [6.45, 7) is 5.91. The third-order valence-corrected chi connectivity index (χ3v) is 6.52. The Morgan fingerprint density at radius 1 is 0.700 bits per heavy atom. The predicted octanol–water partition coefficient (Wildman–Crippen LogP) is 5.67. The van der Waals surface area contributed by atoms with E-state index in [0.29, 0.717) is 6.61 Å². The van der Waals surface area contributed by atoms with Crippen molar-refractivity contribution >= 4 is 69.2 Å². The predicted molar refractivity (Wildman–Crippen MR) is 128 cm³/mol. The molecule has 172 valence electrons. The van der Waals surface area contributed by atoms with Crippen LogP contribution in [0.5, 0.6) is 0 Å². The van der Waals surface area contributed by atoms with Gasteiger partial charge in [0.05, 0.1) is 12.6 Å². The Balaban J connectivity index is 0. The van der Waals surface area contributed by atoms with E-state index in [-0.39, 0.29) is 51.5 Å². The van der Waals surface area contributed by atoms with E-state index >= 15 is 0 Å². The zero-order chi connectivity index (χ0) is 21.7. The average molecular weight is 517 g/mol. The van der Waals surface area contributed by atoms with Gasteiger partial charge in [-0.25, -0.2) is 0 Å². The van der Waals surface area contributed by atoms with Crippen molar-refractivity contribution in [3.63, 3.8) is 0 Å². The molecule has 0 rings (SSSR count). The standard InChI is InChI=1S/C24H46O4S.Sr/c1-4-5-6-7-8-9-10-11-12-13-14-15-16-17-18-19-20-28-24(27)22(3)29-21(2)23(25)26;/h21-22H,4-20H2,1-3H3,(H,25,26);/q;+2/p-1. The number of hydrogen-bond acceptors (Lipinski definition) is 5. The first-order valence-corrected chi connectivity index (χ1v) is 13.0. The Labute approximate surface area is 227 Å². The van der Waals surface area contributed by atoms with Gasteiger partial charge in [-0.05, 0) is 20.3 Å². The van der Waals surface area contributed by atoms with Gasteiger partial charge in [-0.1, -0.05) is 103 Å². The Kier molecular flexibility index (Phi) is 26.8. The molecule has 0 fully saturated rings. The van der Waals surface area contributed by atoms with E-state index in [1.165, 1.54) is 96.8 Å². The van der Waals surface area contributed by atoms with Gasteiger partial charge in [0.25, 0.3) is 0 Å². The molecule has 0 saturated heterocycles. The van der Waals surface area contributed by atoms with Crippen molar-refractivity contribution in [1.82, 2.24) is 0 Å². The molecule has 0 N–H and O–H groups in total. The van der Waals surface area contributed by atoms with Crippen molar-refractivity contribution in [1.29, 1.82) is 0 Å². The Morgan fingerprint density at radius 3 is 1.43 bits per heavy atom. The first-order valence-electron chi connectivity index (χ1n) is 12.0. The fraction of sp³-hybridized carbons (Fsp3) is 0.917. The first kappa shape index (κ1) is 32.9. The quantitative estimate of drug-likeness (QED) is 0.112. The van der Waals surface area contributed by atoms with Crippen molar-refractivity contribution in [3.8, 4) is 0 Å². The number of carboxylic acids is 1.